The number of sulfonamides is 1. The lowest BCUT2D eigenvalue weighted by molar-refractivity contribution is -0.120. The molecule has 1 fully saturated rings. The normalized spacial score (nSPS) is 17.2. The van der Waals surface area contributed by atoms with E-state index in [1.807, 2.05) is 19.1 Å². The fraction of sp³-hybridized carbons (Fsp3) is 0.458. The smallest absolute Gasteiger partial charge is 0.243 e. The Hall–Kier alpha value is -1.90. The van der Waals surface area contributed by atoms with Gasteiger partial charge in [0.15, 0.2) is 0 Å². The van der Waals surface area contributed by atoms with E-state index in [-0.39, 0.29) is 17.3 Å². The lowest BCUT2D eigenvalue weighted by atomic mass is 9.97. The Morgan fingerprint density at radius 2 is 1.84 bits per heavy atom. The van der Waals surface area contributed by atoms with Gasteiger partial charge in [-0.25, -0.2) is 8.42 Å². The zero-order valence-corrected chi connectivity index (χ0v) is 21.5. The maximum Gasteiger partial charge on any atom is 0.243 e. The Kier molecular flexibility index (Phi) is 8.01. The molecular formula is C24H31BrN2O4S. The first-order chi connectivity index (χ1) is 15.2. The van der Waals surface area contributed by atoms with Crippen molar-refractivity contribution >= 4 is 37.5 Å². The van der Waals surface area contributed by atoms with Crippen LogP contribution in [0.5, 0.6) is 5.75 Å². The Morgan fingerprint density at radius 1 is 1.19 bits per heavy atom. The summed E-state index contributed by atoms with van der Waals surface area (Å²) in [6, 6.07) is 8.91. The number of piperidine rings is 1. The van der Waals surface area contributed by atoms with Crippen molar-refractivity contribution in [3.8, 4) is 5.75 Å². The van der Waals surface area contributed by atoms with E-state index in [0.717, 1.165) is 39.7 Å². The molecule has 6 nitrogen and oxygen atoms in total. The molecule has 2 aromatic rings. The van der Waals surface area contributed by atoms with Crippen molar-refractivity contribution in [2.45, 2.75) is 51.3 Å². The molecule has 1 aliphatic rings. The highest BCUT2D eigenvalue weighted by Gasteiger charge is 2.34. The van der Waals surface area contributed by atoms with Crippen LogP contribution in [0.2, 0.25) is 0 Å². The van der Waals surface area contributed by atoms with Gasteiger partial charge in [-0.2, -0.15) is 4.31 Å². The molecule has 0 radical (unpaired) electrons. The minimum atomic E-state index is -3.69. The predicted octanol–water partition coefficient (Wildman–Crippen LogP) is 4.93. The Balaban J connectivity index is 1.80. The number of carbonyl (C=O) groups is 1. The molecule has 0 bridgehead atoms. The number of methoxy groups -OCH3 is 1. The zero-order chi connectivity index (χ0) is 23.5. The van der Waals surface area contributed by atoms with Crippen LogP contribution in [0.1, 0.15) is 43.4 Å². The number of benzene rings is 2. The summed E-state index contributed by atoms with van der Waals surface area (Å²) >= 11 is 3.54. The first-order valence-corrected chi connectivity index (χ1v) is 13.2. The van der Waals surface area contributed by atoms with Crippen LogP contribution < -0.4 is 10.1 Å². The SMILES string of the molecule is CCc1cc(Br)cc(CC)c1NC(=O)C1CCCN(S(=O)(=O)c2ccc(OC)c(C)c2)C1. The molecule has 32 heavy (non-hydrogen) atoms. The van der Waals surface area contributed by atoms with Gasteiger partial charge in [0.2, 0.25) is 15.9 Å². The minimum absolute atomic E-state index is 0.123. The molecule has 1 saturated heterocycles. The van der Waals surface area contributed by atoms with E-state index in [1.165, 1.54) is 4.31 Å². The summed E-state index contributed by atoms with van der Waals surface area (Å²) in [7, 11) is -2.13. The monoisotopic (exact) mass is 522 g/mol. The number of hydrogen-bond acceptors (Lipinski definition) is 4. The van der Waals surface area contributed by atoms with E-state index in [4.69, 9.17) is 4.74 Å². The first kappa shape index (κ1) is 24.7. The lowest BCUT2D eigenvalue weighted by Crippen LogP contribution is -2.43. The van der Waals surface area contributed by atoms with E-state index >= 15 is 0 Å². The lowest BCUT2D eigenvalue weighted by Gasteiger charge is -2.31. The maximum atomic E-state index is 13.3. The van der Waals surface area contributed by atoms with E-state index in [2.05, 4.69) is 35.1 Å². The Morgan fingerprint density at radius 3 is 2.41 bits per heavy atom. The van der Waals surface area contributed by atoms with Crippen LogP contribution in [0.25, 0.3) is 0 Å². The van der Waals surface area contributed by atoms with Gasteiger partial charge in [0.1, 0.15) is 5.75 Å². The van der Waals surface area contributed by atoms with Crippen molar-refractivity contribution < 1.29 is 17.9 Å². The van der Waals surface area contributed by atoms with Crippen molar-refractivity contribution in [3.63, 3.8) is 0 Å². The Labute approximate surface area is 199 Å². The number of carbonyl (C=O) groups excluding carboxylic acids is 1. The Bertz CT molecular complexity index is 1080. The molecule has 174 valence electrons. The molecule has 1 amide bonds. The topological polar surface area (TPSA) is 75.7 Å². The highest BCUT2D eigenvalue weighted by atomic mass is 79.9. The minimum Gasteiger partial charge on any atom is -0.496 e. The molecule has 3 rings (SSSR count). The standard InChI is InChI=1S/C24H31BrN2O4S/c1-5-17-13-20(25)14-18(6-2)23(17)26-24(28)19-8-7-11-27(15-19)32(29,30)21-9-10-22(31-4)16(3)12-21/h9-10,12-14,19H,5-8,11,15H2,1-4H3,(H,26,28). The average Bonchev–Trinajstić information content (AvgIpc) is 2.79. The molecule has 2 aromatic carbocycles. The number of anilines is 1. The van der Waals surface area contributed by atoms with E-state index in [1.54, 1.807) is 25.3 Å². The van der Waals surface area contributed by atoms with Gasteiger partial charge in [-0.15, -0.1) is 0 Å². The fourth-order valence-corrected chi connectivity index (χ4v) is 6.37. The second-order valence-electron chi connectivity index (χ2n) is 8.13. The largest absolute Gasteiger partial charge is 0.496 e. The van der Waals surface area contributed by atoms with Crippen LogP contribution in [-0.2, 0) is 27.7 Å². The third-order valence-corrected chi connectivity index (χ3v) is 8.35. The molecule has 0 aromatic heterocycles. The maximum absolute atomic E-state index is 13.3. The molecule has 8 heteroatoms. The molecule has 0 aliphatic carbocycles. The first-order valence-electron chi connectivity index (χ1n) is 11.0. The molecular weight excluding hydrogens is 492 g/mol. The number of aryl methyl sites for hydroxylation is 3. The zero-order valence-electron chi connectivity index (χ0n) is 19.1. The van der Waals surface area contributed by atoms with Crippen LogP contribution in [-0.4, -0.2) is 38.8 Å². The van der Waals surface area contributed by atoms with E-state index in [9.17, 15) is 13.2 Å². The van der Waals surface area contributed by atoms with Gasteiger partial charge < -0.3 is 10.1 Å². The number of halogens is 1. The van der Waals surface area contributed by atoms with Crippen molar-refractivity contribution in [1.29, 1.82) is 0 Å². The van der Waals surface area contributed by atoms with Crippen LogP contribution in [0.15, 0.2) is 39.7 Å². The van der Waals surface area contributed by atoms with Crippen molar-refractivity contribution in [3.05, 3.63) is 51.5 Å². The summed E-state index contributed by atoms with van der Waals surface area (Å²) < 4.78 is 34.2. The number of hydrogen-bond donors (Lipinski definition) is 1. The summed E-state index contributed by atoms with van der Waals surface area (Å²) in [5.41, 5.74) is 3.75. The number of rotatable bonds is 7. The molecule has 1 N–H and O–H groups in total. The van der Waals surface area contributed by atoms with Gasteiger partial charge in [-0.05, 0) is 79.6 Å². The molecule has 0 saturated carbocycles. The van der Waals surface area contributed by atoms with E-state index < -0.39 is 15.9 Å². The third-order valence-electron chi connectivity index (χ3n) is 6.04. The van der Waals surface area contributed by atoms with Crippen molar-refractivity contribution in [2.24, 2.45) is 5.92 Å². The van der Waals surface area contributed by atoms with Crippen LogP contribution in [0.3, 0.4) is 0 Å². The van der Waals surface area contributed by atoms with Crippen LogP contribution in [0.4, 0.5) is 5.69 Å². The number of ether oxygens (including phenoxy) is 1. The second-order valence-corrected chi connectivity index (χ2v) is 11.0. The summed E-state index contributed by atoms with van der Waals surface area (Å²) in [4.78, 5) is 13.4. The van der Waals surface area contributed by atoms with Gasteiger partial charge in [0, 0.05) is 23.2 Å². The number of nitrogens with one attached hydrogen (secondary N) is 1. The average molecular weight is 523 g/mol. The highest BCUT2D eigenvalue weighted by molar-refractivity contribution is 9.10. The van der Waals surface area contributed by atoms with Gasteiger partial charge in [-0.1, -0.05) is 29.8 Å². The summed E-state index contributed by atoms with van der Waals surface area (Å²) in [5, 5.41) is 3.12. The third kappa shape index (κ3) is 5.18. The van der Waals surface area contributed by atoms with E-state index in [0.29, 0.717) is 25.1 Å². The van der Waals surface area contributed by atoms with Gasteiger partial charge in [0.25, 0.3) is 0 Å². The summed E-state index contributed by atoms with van der Waals surface area (Å²) in [5.74, 6) is 0.131. The number of nitrogens with zero attached hydrogens (tertiary/aromatic N) is 1. The van der Waals surface area contributed by atoms with Crippen molar-refractivity contribution in [1.82, 2.24) is 4.31 Å². The van der Waals surface area contributed by atoms with Crippen LogP contribution >= 0.6 is 15.9 Å². The van der Waals surface area contributed by atoms with Gasteiger partial charge in [0.05, 0.1) is 17.9 Å². The molecule has 1 atom stereocenters. The van der Waals surface area contributed by atoms with Gasteiger partial charge in [-0.3, -0.25) is 4.79 Å². The molecule has 0 spiro atoms. The van der Waals surface area contributed by atoms with Crippen LogP contribution in [0, 0.1) is 12.8 Å². The number of amides is 1. The summed E-state index contributed by atoms with van der Waals surface area (Å²) in [6.07, 6.45) is 2.90. The fourth-order valence-electron chi connectivity index (χ4n) is 4.20. The van der Waals surface area contributed by atoms with Gasteiger partial charge >= 0.3 is 0 Å². The highest BCUT2D eigenvalue weighted by Crippen LogP contribution is 2.30. The molecule has 1 unspecified atom stereocenters. The second kappa shape index (κ2) is 10.4. The molecule has 1 heterocycles. The predicted molar refractivity (Wildman–Crippen MR) is 131 cm³/mol. The summed E-state index contributed by atoms with van der Waals surface area (Å²) in [6.45, 7) is 6.53. The quantitative estimate of drug-likeness (QED) is 0.559. The molecule has 1 aliphatic heterocycles. The van der Waals surface area contributed by atoms with Crippen molar-refractivity contribution in [2.75, 3.05) is 25.5 Å².